The number of hydrogen-bond donors (Lipinski definition) is 2. The molecule has 7 heteroatoms. The molecule has 0 saturated heterocycles. The second kappa shape index (κ2) is 7.97. The highest BCUT2D eigenvalue weighted by molar-refractivity contribution is 7.91. The van der Waals surface area contributed by atoms with Crippen LogP contribution in [-0.4, -0.2) is 20.2 Å². The summed E-state index contributed by atoms with van der Waals surface area (Å²) in [6.07, 6.45) is 0.337. The Morgan fingerprint density at radius 3 is 2.45 bits per heavy atom. The molecule has 29 heavy (non-hydrogen) atoms. The number of sulfone groups is 1. The lowest BCUT2D eigenvalue weighted by Gasteiger charge is -2.26. The molecule has 148 valence electrons. The van der Waals surface area contributed by atoms with Gasteiger partial charge in [0.1, 0.15) is 11.5 Å². The smallest absolute Gasteiger partial charge is 0.319 e. The minimum absolute atomic E-state index is 0.00929. The van der Waals surface area contributed by atoms with Gasteiger partial charge in [-0.3, -0.25) is 0 Å². The minimum atomic E-state index is -3.29. The third-order valence-corrected chi connectivity index (χ3v) is 6.50. The van der Waals surface area contributed by atoms with E-state index in [2.05, 4.69) is 10.6 Å². The maximum Gasteiger partial charge on any atom is 0.319 e. The Morgan fingerprint density at radius 1 is 0.897 bits per heavy atom. The van der Waals surface area contributed by atoms with Crippen molar-refractivity contribution in [3.05, 3.63) is 84.4 Å². The average molecular weight is 408 g/mol. The van der Waals surface area contributed by atoms with E-state index in [1.807, 2.05) is 30.3 Å². The van der Waals surface area contributed by atoms with Gasteiger partial charge in [0.2, 0.25) is 0 Å². The lowest BCUT2D eigenvalue weighted by molar-refractivity contribution is 0.248. The molecule has 0 saturated carbocycles. The average Bonchev–Trinajstić information content (AvgIpc) is 2.71. The molecule has 0 aromatic heterocycles. The zero-order valence-electron chi connectivity index (χ0n) is 15.5. The van der Waals surface area contributed by atoms with Gasteiger partial charge in [-0.05, 0) is 42.3 Å². The Hall–Kier alpha value is -3.32. The number of ether oxygens (including phenoxy) is 1. The second-order valence-corrected chi connectivity index (χ2v) is 8.82. The van der Waals surface area contributed by atoms with E-state index >= 15 is 0 Å². The topological polar surface area (TPSA) is 84.5 Å². The van der Waals surface area contributed by atoms with Crippen LogP contribution in [0.5, 0.6) is 11.5 Å². The molecule has 3 aromatic rings. The van der Waals surface area contributed by atoms with Crippen LogP contribution in [0.2, 0.25) is 0 Å². The fourth-order valence-electron chi connectivity index (χ4n) is 3.33. The van der Waals surface area contributed by atoms with Crippen LogP contribution < -0.4 is 15.4 Å². The van der Waals surface area contributed by atoms with E-state index in [4.69, 9.17) is 4.74 Å². The van der Waals surface area contributed by atoms with Crippen molar-refractivity contribution in [2.24, 2.45) is 0 Å². The summed E-state index contributed by atoms with van der Waals surface area (Å²) in [5.74, 6) is 1.31. The zero-order chi connectivity index (χ0) is 20.3. The van der Waals surface area contributed by atoms with Crippen LogP contribution >= 0.6 is 0 Å². The molecular formula is C22H20N2O4S. The maximum atomic E-state index is 12.5. The van der Waals surface area contributed by atoms with Gasteiger partial charge in [-0.15, -0.1) is 0 Å². The summed E-state index contributed by atoms with van der Waals surface area (Å²) >= 11 is 0. The van der Waals surface area contributed by atoms with Crippen LogP contribution in [-0.2, 0) is 9.84 Å². The van der Waals surface area contributed by atoms with E-state index in [0.717, 1.165) is 0 Å². The number of benzene rings is 3. The van der Waals surface area contributed by atoms with Crippen LogP contribution in [0.25, 0.3) is 0 Å². The van der Waals surface area contributed by atoms with Crippen molar-refractivity contribution in [3.63, 3.8) is 0 Å². The summed E-state index contributed by atoms with van der Waals surface area (Å²) in [5.41, 5.74) is 1.20. The highest BCUT2D eigenvalue weighted by Gasteiger charge is 2.30. The normalized spacial score (nSPS) is 17.0. The van der Waals surface area contributed by atoms with Gasteiger partial charge < -0.3 is 15.4 Å². The fraction of sp³-hybridized carbons (Fsp3) is 0.136. The fourth-order valence-corrected chi connectivity index (χ4v) is 4.95. The summed E-state index contributed by atoms with van der Waals surface area (Å²) in [5, 5.41) is 5.66. The van der Waals surface area contributed by atoms with Crippen molar-refractivity contribution in [1.82, 2.24) is 5.32 Å². The molecule has 0 spiro atoms. The van der Waals surface area contributed by atoms with Gasteiger partial charge in [0.15, 0.2) is 9.84 Å². The number of urea groups is 1. The molecule has 0 fully saturated rings. The number of anilines is 1. The number of carbonyl (C=O) groups is 1. The van der Waals surface area contributed by atoms with E-state index in [1.165, 1.54) is 0 Å². The number of nitrogens with one attached hydrogen (secondary N) is 2. The van der Waals surface area contributed by atoms with Crippen LogP contribution in [0.1, 0.15) is 18.0 Å². The van der Waals surface area contributed by atoms with Gasteiger partial charge in [0.25, 0.3) is 0 Å². The van der Waals surface area contributed by atoms with Gasteiger partial charge in [-0.2, -0.15) is 0 Å². The number of carbonyl (C=O) groups excluding carboxylic acids is 1. The van der Waals surface area contributed by atoms with Crippen LogP contribution in [0.3, 0.4) is 0 Å². The van der Waals surface area contributed by atoms with E-state index in [0.29, 0.717) is 29.2 Å². The first-order valence-corrected chi connectivity index (χ1v) is 10.9. The largest absolute Gasteiger partial charge is 0.457 e. The van der Waals surface area contributed by atoms with Crippen LogP contribution in [0, 0.1) is 0 Å². The molecule has 6 nitrogen and oxygen atoms in total. The number of hydrogen-bond acceptors (Lipinski definition) is 4. The molecule has 1 aliphatic rings. The van der Waals surface area contributed by atoms with Crippen LogP contribution in [0.4, 0.5) is 10.5 Å². The van der Waals surface area contributed by atoms with Gasteiger partial charge in [-0.1, -0.05) is 42.5 Å². The molecule has 1 unspecified atom stereocenters. The molecule has 0 bridgehead atoms. The molecule has 0 radical (unpaired) electrons. The zero-order valence-corrected chi connectivity index (χ0v) is 16.4. The molecule has 2 N–H and O–H groups in total. The molecular weight excluding hydrogens is 388 g/mol. The monoisotopic (exact) mass is 408 g/mol. The lowest BCUT2D eigenvalue weighted by atomic mass is 10.0. The predicted octanol–water partition coefficient (Wildman–Crippen LogP) is 4.52. The summed E-state index contributed by atoms with van der Waals surface area (Å²) < 4.78 is 30.3. The standard InChI is InChI=1S/C22H20N2O4S/c25-22(24-20-13-14-29(26,27)21-12-5-4-11-19(20)21)23-16-7-6-10-18(15-16)28-17-8-2-1-3-9-17/h1-12,15,20H,13-14H2,(H2,23,24,25). The van der Waals surface area contributed by atoms with Gasteiger partial charge >= 0.3 is 6.03 Å². The van der Waals surface area contributed by atoms with Crippen molar-refractivity contribution in [2.75, 3.05) is 11.1 Å². The van der Waals surface area contributed by atoms with Gasteiger partial charge in [0, 0.05) is 11.8 Å². The highest BCUT2D eigenvalue weighted by atomic mass is 32.2. The number of rotatable bonds is 4. The molecule has 1 heterocycles. The lowest BCUT2D eigenvalue weighted by Crippen LogP contribution is -2.36. The third kappa shape index (κ3) is 4.41. The third-order valence-electron chi connectivity index (χ3n) is 4.68. The van der Waals surface area contributed by atoms with Crippen molar-refractivity contribution < 1.29 is 17.9 Å². The number of amides is 2. The SMILES string of the molecule is O=C(Nc1cccc(Oc2ccccc2)c1)NC1CCS(=O)(=O)c2ccccc21. The Morgan fingerprint density at radius 2 is 1.62 bits per heavy atom. The summed E-state index contributed by atoms with van der Waals surface area (Å²) in [7, 11) is -3.29. The Bertz CT molecular complexity index is 1130. The quantitative estimate of drug-likeness (QED) is 0.665. The first-order chi connectivity index (χ1) is 14.0. The first kappa shape index (κ1) is 19.0. The first-order valence-electron chi connectivity index (χ1n) is 9.23. The van der Waals surface area contributed by atoms with Crippen molar-refractivity contribution in [1.29, 1.82) is 0 Å². The van der Waals surface area contributed by atoms with Crippen molar-refractivity contribution in [3.8, 4) is 11.5 Å². The summed E-state index contributed by atoms with van der Waals surface area (Å²) in [6, 6.07) is 22.5. The Kier molecular flexibility index (Phi) is 5.22. The molecule has 1 atom stereocenters. The second-order valence-electron chi connectivity index (χ2n) is 6.74. The van der Waals surface area contributed by atoms with E-state index in [9.17, 15) is 13.2 Å². The van der Waals surface area contributed by atoms with E-state index in [-0.39, 0.29) is 16.7 Å². The Labute approximate surface area is 169 Å². The van der Waals surface area contributed by atoms with E-state index in [1.54, 1.807) is 48.5 Å². The predicted molar refractivity (Wildman–Crippen MR) is 111 cm³/mol. The van der Waals surface area contributed by atoms with E-state index < -0.39 is 15.9 Å². The van der Waals surface area contributed by atoms with Crippen molar-refractivity contribution >= 4 is 21.6 Å². The highest BCUT2D eigenvalue weighted by Crippen LogP contribution is 2.32. The Balaban J connectivity index is 1.45. The van der Waals surface area contributed by atoms with Crippen molar-refractivity contribution in [2.45, 2.75) is 17.4 Å². The number of fused-ring (bicyclic) bond motifs is 1. The minimum Gasteiger partial charge on any atom is -0.457 e. The maximum absolute atomic E-state index is 12.5. The molecule has 0 aliphatic carbocycles. The summed E-state index contributed by atoms with van der Waals surface area (Å²) in [4.78, 5) is 12.8. The molecule has 3 aromatic carbocycles. The molecule has 1 aliphatic heterocycles. The van der Waals surface area contributed by atoms with Crippen LogP contribution in [0.15, 0.2) is 83.8 Å². The summed E-state index contributed by atoms with van der Waals surface area (Å²) in [6.45, 7) is 0. The molecule has 4 rings (SSSR count). The number of para-hydroxylation sites is 1. The van der Waals surface area contributed by atoms with Gasteiger partial charge in [0.05, 0.1) is 16.7 Å². The van der Waals surface area contributed by atoms with Gasteiger partial charge in [-0.25, -0.2) is 13.2 Å². The molecule has 2 amide bonds.